The molecule has 1 amide bonds. The minimum Gasteiger partial charge on any atom is -0.355 e. The van der Waals surface area contributed by atoms with E-state index in [9.17, 15) is 4.79 Å². The molecule has 0 unspecified atom stereocenters. The van der Waals surface area contributed by atoms with Gasteiger partial charge in [-0.3, -0.25) is 14.7 Å². The summed E-state index contributed by atoms with van der Waals surface area (Å²) in [7, 11) is 2.14. The summed E-state index contributed by atoms with van der Waals surface area (Å²) < 4.78 is 0. The maximum atomic E-state index is 10.6. The first-order valence-electron chi connectivity index (χ1n) is 7.72. The number of hydrogen-bond donors (Lipinski definition) is 1. The predicted molar refractivity (Wildman–Crippen MR) is 91.7 cm³/mol. The first kappa shape index (κ1) is 18.3. The zero-order valence-electron chi connectivity index (χ0n) is 14.0. The Kier molecular flexibility index (Phi) is 8.40. The van der Waals surface area contributed by atoms with Crippen molar-refractivity contribution in [3.05, 3.63) is 36.2 Å². The summed E-state index contributed by atoms with van der Waals surface area (Å²) in [6.45, 7) is 13.4. The molecule has 1 aliphatic rings. The molecule has 0 spiro atoms. The molecule has 0 aromatic carbocycles. The molecule has 1 N–H and O–H groups in total. The topological polar surface area (TPSA) is 48.5 Å². The van der Waals surface area contributed by atoms with Crippen molar-refractivity contribution in [2.75, 3.05) is 46.3 Å². The van der Waals surface area contributed by atoms with Crippen molar-refractivity contribution in [3.8, 4) is 0 Å². The summed E-state index contributed by atoms with van der Waals surface area (Å²) in [6.07, 6.45) is 1.74. The number of hydrogen-bond acceptors (Lipinski definition) is 4. The number of rotatable bonds is 4. The molecule has 0 atom stereocenters. The van der Waals surface area contributed by atoms with E-state index in [0.717, 1.165) is 50.7 Å². The third-order valence-electron chi connectivity index (χ3n) is 3.52. The van der Waals surface area contributed by atoms with Gasteiger partial charge < -0.3 is 10.2 Å². The Morgan fingerprint density at radius 3 is 2.55 bits per heavy atom. The van der Waals surface area contributed by atoms with Crippen molar-refractivity contribution < 1.29 is 4.79 Å². The molecule has 1 aliphatic heterocycles. The van der Waals surface area contributed by atoms with Crippen LogP contribution >= 0.6 is 0 Å². The van der Waals surface area contributed by atoms with Crippen molar-refractivity contribution in [2.45, 2.75) is 13.8 Å². The van der Waals surface area contributed by atoms with Crippen LogP contribution in [-0.4, -0.2) is 67.0 Å². The van der Waals surface area contributed by atoms with Gasteiger partial charge in [0.25, 0.3) is 0 Å². The third kappa shape index (κ3) is 7.90. The fourth-order valence-corrected chi connectivity index (χ4v) is 2.14. The van der Waals surface area contributed by atoms with Crippen LogP contribution in [0.5, 0.6) is 0 Å². The van der Waals surface area contributed by atoms with E-state index < -0.39 is 0 Å². The Morgan fingerprint density at radius 2 is 2.05 bits per heavy atom. The van der Waals surface area contributed by atoms with E-state index >= 15 is 0 Å². The summed E-state index contributed by atoms with van der Waals surface area (Å²) in [5.74, 6) is 0.0640. The average molecular weight is 304 g/mol. The number of amides is 1. The molecule has 1 aromatic rings. The number of likely N-dealkylation sites (N-methyl/N-ethyl adjacent to an activating group) is 1. The molecule has 22 heavy (non-hydrogen) atoms. The van der Waals surface area contributed by atoms with Crippen LogP contribution in [0.3, 0.4) is 0 Å². The Bertz CT molecular complexity index is 467. The molecule has 5 nitrogen and oxygen atoms in total. The largest absolute Gasteiger partial charge is 0.355 e. The number of pyridine rings is 1. The van der Waals surface area contributed by atoms with E-state index in [4.69, 9.17) is 0 Å². The molecule has 1 saturated heterocycles. The van der Waals surface area contributed by atoms with Crippen LogP contribution < -0.4 is 5.32 Å². The summed E-state index contributed by atoms with van der Waals surface area (Å²) >= 11 is 0. The van der Waals surface area contributed by atoms with Gasteiger partial charge in [0.2, 0.25) is 5.91 Å². The number of piperazine rings is 1. The van der Waals surface area contributed by atoms with Crippen molar-refractivity contribution in [1.29, 1.82) is 0 Å². The smallest absolute Gasteiger partial charge is 0.216 e. The quantitative estimate of drug-likeness (QED) is 0.913. The van der Waals surface area contributed by atoms with Crippen LogP contribution in [0.15, 0.2) is 24.8 Å². The molecule has 1 aromatic heterocycles. The van der Waals surface area contributed by atoms with Gasteiger partial charge in [0, 0.05) is 51.9 Å². The highest BCUT2D eigenvalue weighted by atomic mass is 16.1. The second-order valence-corrected chi connectivity index (χ2v) is 5.54. The van der Waals surface area contributed by atoms with Gasteiger partial charge in [-0.1, -0.05) is 12.6 Å². The van der Waals surface area contributed by atoms with Gasteiger partial charge in [0.15, 0.2) is 0 Å². The summed E-state index contributed by atoms with van der Waals surface area (Å²) in [4.78, 5) is 19.5. The molecule has 2 heterocycles. The number of nitrogens with one attached hydrogen (secondary N) is 1. The van der Waals surface area contributed by atoms with Crippen LogP contribution in [0.1, 0.15) is 18.3 Å². The van der Waals surface area contributed by atoms with Gasteiger partial charge in [-0.25, -0.2) is 0 Å². The van der Waals surface area contributed by atoms with Crippen LogP contribution in [0, 0.1) is 6.92 Å². The van der Waals surface area contributed by atoms with E-state index in [-0.39, 0.29) is 5.91 Å². The highest BCUT2D eigenvalue weighted by molar-refractivity contribution is 5.72. The molecule has 0 aliphatic carbocycles. The standard InChI is InChI=1S/C9H19N3O.C8H9N/c1-9(13)10-3-4-12-7-5-11(2)6-8-12;1-3-8-6-4-5-7(2)9-8/h3-8H2,1-2H3,(H,10,13);3-6H,1H2,2H3. The fraction of sp³-hybridized carbons (Fsp3) is 0.529. The highest BCUT2D eigenvalue weighted by Crippen LogP contribution is 1.98. The number of carbonyl (C=O) groups is 1. The molecule has 1 fully saturated rings. The van der Waals surface area contributed by atoms with Gasteiger partial charge in [-0.05, 0) is 32.2 Å². The Morgan fingerprint density at radius 1 is 1.36 bits per heavy atom. The Hall–Kier alpha value is -1.72. The van der Waals surface area contributed by atoms with E-state index in [1.54, 1.807) is 13.0 Å². The molecule has 0 saturated carbocycles. The second kappa shape index (κ2) is 10.1. The molecule has 2 rings (SSSR count). The SMILES string of the molecule is C=Cc1cccc(C)n1.CC(=O)NCCN1CCN(C)CC1. The summed E-state index contributed by atoms with van der Waals surface area (Å²) in [5, 5.41) is 2.81. The fourth-order valence-electron chi connectivity index (χ4n) is 2.14. The van der Waals surface area contributed by atoms with Gasteiger partial charge in [-0.15, -0.1) is 0 Å². The number of nitrogens with zero attached hydrogens (tertiary/aromatic N) is 3. The van der Waals surface area contributed by atoms with Crippen molar-refractivity contribution in [3.63, 3.8) is 0 Å². The molecule has 0 radical (unpaired) electrons. The first-order chi connectivity index (χ1) is 10.5. The van der Waals surface area contributed by atoms with Crippen LogP contribution in [0.4, 0.5) is 0 Å². The number of carbonyl (C=O) groups excluding carboxylic acids is 1. The zero-order chi connectivity index (χ0) is 16.4. The van der Waals surface area contributed by atoms with Crippen molar-refractivity contribution in [2.24, 2.45) is 0 Å². The lowest BCUT2D eigenvalue weighted by Crippen LogP contribution is -2.46. The van der Waals surface area contributed by atoms with Crippen LogP contribution in [0.2, 0.25) is 0 Å². The summed E-state index contributed by atoms with van der Waals surface area (Å²) in [5.41, 5.74) is 1.97. The lowest BCUT2D eigenvalue weighted by molar-refractivity contribution is -0.119. The maximum Gasteiger partial charge on any atom is 0.216 e. The van der Waals surface area contributed by atoms with Gasteiger partial charge in [-0.2, -0.15) is 0 Å². The van der Waals surface area contributed by atoms with Crippen molar-refractivity contribution in [1.82, 2.24) is 20.1 Å². The van der Waals surface area contributed by atoms with Gasteiger partial charge >= 0.3 is 0 Å². The Balaban J connectivity index is 0.000000235. The van der Waals surface area contributed by atoms with Gasteiger partial charge in [0.05, 0.1) is 5.69 Å². The number of aromatic nitrogens is 1. The van der Waals surface area contributed by atoms with E-state index in [1.165, 1.54) is 0 Å². The monoisotopic (exact) mass is 304 g/mol. The van der Waals surface area contributed by atoms with Crippen molar-refractivity contribution >= 4 is 12.0 Å². The third-order valence-corrected chi connectivity index (χ3v) is 3.52. The normalized spacial score (nSPS) is 15.6. The number of aryl methyl sites for hydroxylation is 1. The van der Waals surface area contributed by atoms with Crippen LogP contribution in [-0.2, 0) is 4.79 Å². The van der Waals surface area contributed by atoms with E-state index in [1.807, 2.05) is 25.1 Å². The average Bonchev–Trinajstić information content (AvgIpc) is 2.49. The van der Waals surface area contributed by atoms with Crippen LogP contribution in [0.25, 0.3) is 6.08 Å². The second-order valence-electron chi connectivity index (χ2n) is 5.54. The minimum atomic E-state index is 0.0640. The Labute approximate surface area is 134 Å². The molecular weight excluding hydrogens is 276 g/mol. The first-order valence-corrected chi connectivity index (χ1v) is 7.72. The molecule has 5 heteroatoms. The lowest BCUT2D eigenvalue weighted by Gasteiger charge is -2.32. The van der Waals surface area contributed by atoms with Gasteiger partial charge in [0.1, 0.15) is 0 Å². The molecule has 0 bridgehead atoms. The maximum absolute atomic E-state index is 10.6. The predicted octanol–water partition coefficient (Wildman–Crippen LogP) is 1.40. The highest BCUT2D eigenvalue weighted by Gasteiger charge is 2.12. The molecule has 122 valence electrons. The van der Waals surface area contributed by atoms with E-state index in [0.29, 0.717) is 0 Å². The summed E-state index contributed by atoms with van der Waals surface area (Å²) in [6, 6.07) is 5.87. The lowest BCUT2D eigenvalue weighted by atomic mass is 10.3. The minimum absolute atomic E-state index is 0.0640. The molecular formula is C17H28N4O. The zero-order valence-corrected chi connectivity index (χ0v) is 14.0. The van der Waals surface area contributed by atoms with E-state index in [2.05, 4.69) is 33.7 Å².